The van der Waals surface area contributed by atoms with Gasteiger partial charge in [0.2, 0.25) is 0 Å². The molecule has 1 aromatic rings. The van der Waals surface area contributed by atoms with Crippen LogP contribution in [0, 0.1) is 16.7 Å². The van der Waals surface area contributed by atoms with Gasteiger partial charge in [-0.05, 0) is 46.8 Å². The van der Waals surface area contributed by atoms with Gasteiger partial charge in [-0.3, -0.25) is 0 Å². The molecule has 2 rings (SSSR count). The molecule has 102 valence electrons. The Kier molecular flexibility index (Phi) is 4.43. The molecular formula is C14H19BrN4. The second-order valence-corrected chi connectivity index (χ2v) is 6.56. The van der Waals surface area contributed by atoms with Crippen molar-refractivity contribution in [2.75, 3.05) is 18.4 Å². The summed E-state index contributed by atoms with van der Waals surface area (Å²) >= 11 is 3.33. The maximum Gasteiger partial charge on any atom is 0.144 e. The third-order valence-electron chi connectivity index (χ3n) is 3.78. The fraction of sp³-hybridized carbons (Fsp3) is 0.571. The molecule has 2 N–H and O–H groups in total. The molecule has 2 heterocycles. The molecule has 1 fully saturated rings. The number of piperidine rings is 1. The number of rotatable bonds is 3. The summed E-state index contributed by atoms with van der Waals surface area (Å²) < 4.78 is 0.825. The van der Waals surface area contributed by atoms with Crippen molar-refractivity contribution in [3.63, 3.8) is 0 Å². The summed E-state index contributed by atoms with van der Waals surface area (Å²) in [6.07, 6.45) is 4.16. The van der Waals surface area contributed by atoms with Crippen LogP contribution in [0.5, 0.6) is 0 Å². The van der Waals surface area contributed by atoms with E-state index in [1.165, 1.54) is 12.8 Å². The molecule has 0 bridgehead atoms. The van der Waals surface area contributed by atoms with E-state index >= 15 is 0 Å². The fourth-order valence-electron chi connectivity index (χ4n) is 2.48. The van der Waals surface area contributed by atoms with E-state index in [0.717, 1.165) is 17.6 Å². The summed E-state index contributed by atoms with van der Waals surface area (Å²) in [6, 6.07) is 4.36. The van der Waals surface area contributed by atoms with Crippen molar-refractivity contribution < 1.29 is 0 Å². The van der Waals surface area contributed by atoms with Crippen molar-refractivity contribution in [1.29, 1.82) is 5.26 Å². The Balaban J connectivity index is 2.04. The highest BCUT2D eigenvalue weighted by Gasteiger charge is 2.31. The number of nitrogens with one attached hydrogen (secondary N) is 2. The molecule has 1 atom stereocenters. The molecule has 1 aliphatic rings. The Bertz CT molecular complexity index is 493. The maximum absolute atomic E-state index is 9.12. The zero-order valence-electron chi connectivity index (χ0n) is 11.3. The van der Waals surface area contributed by atoms with Gasteiger partial charge in [0.25, 0.3) is 0 Å². The second-order valence-electron chi connectivity index (χ2n) is 5.64. The van der Waals surface area contributed by atoms with Gasteiger partial charge in [-0.25, -0.2) is 4.98 Å². The Morgan fingerprint density at radius 3 is 3.11 bits per heavy atom. The van der Waals surface area contributed by atoms with E-state index in [0.29, 0.717) is 17.4 Å². The minimum absolute atomic E-state index is 0.271. The van der Waals surface area contributed by atoms with Crippen molar-refractivity contribution in [1.82, 2.24) is 10.3 Å². The second kappa shape index (κ2) is 5.89. The Labute approximate surface area is 122 Å². The van der Waals surface area contributed by atoms with E-state index < -0.39 is 0 Å². The summed E-state index contributed by atoms with van der Waals surface area (Å²) in [6.45, 7) is 6.42. The number of nitriles is 1. The number of halogens is 1. The van der Waals surface area contributed by atoms with Crippen molar-refractivity contribution >= 4 is 21.7 Å². The molecule has 0 aromatic carbocycles. The number of nitrogens with zero attached hydrogens (tertiary/aromatic N) is 2. The summed E-state index contributed by atoms with van der Waals surface area (Å²) in [5.74, 6) is 0.661. The topological polar surface area (TPSA) is 60.7 Å². The number of pyridine rings is 1. The van der Waals surface area contributed by atoms with Gasteiger partial charge in [0.15, 0.2) is 0 Å². The van der Waals surface area contributed by atoms with Crippen molar-refractivity contribution in [2.45, 2.75) is 32.7 Å². The van der Waals surface area contributed by atoms with Crippen molar-refractivity contribution in [3.05, 3.63) is 22.3 Å². The number of hydrogen-bond acceptors (Lipinski definition) is 4. The van der Waals surface area contributed by atoms with E-state index in [4.69, 9.17) is 5.26 Å². The first-order valence-electron chi connectivity index (χ1n) is 6.56. The monoisotopic (exact) mass is 322 g/mol. The molecule has 0 aliphatic carbocycles. The lowest BCUT2D eigenvalue weighted by Crippen LogP contribution is -2.50. The number of hydrogen-bond donors (Lipinski definition) is 2. The van der Waals surface area contributed by atoms with Gasteiger partial charge in [-0.15, -0.1) is 0 Å². The molecule has 0 spiro atoms. The van der Waals surface area contributed by atoms with E-state index in [-0.39, 0.29) is 5.41 Å². The Hall–Kier alpha value is -1.12. The quantitative estimate of drug-likeness (QED) is 0.898. The van der Waals surface area contributed by atoms with E-state index in [1.807, 2.05) is 0 Å². The van der Waals surface area contributed by atoms with Crippen LogP contribution in [0.25, 0.3) is 0 Å². The molecule has 1 aliphatic heterocycles. The van der Waals surface area contributed by atoms with Gasteiger partial charge in [-0.1, -0.05) is 13.8 Å². The smallest absolute Gasteiger partial charge is 0.144 e. The lowest BCUT2D eigenvalue weighted by Gasteiger charge is -2.39. The third kappa shape index (κ3) is 3.46. The van der Waals surface area contributed by atoms with Crippen LogP contribution in [0.15, 0.2) is 16.7 Å². The lowest BCUT2D eigenvalue weighted by atomic mass is 9.77. The van der Waals surface area contributed by atoms with Gasteiger partial charge in [0.1, 0.15) is 11.9 Å². The molecule has 4 nitrogen and oxygen atoms in total. The maximum atomic E-state index is 9.12. The van der Waals surface area contributed by atoms with Crippen LogP contribution in [0.4, 0.5) is 5.82 Å². The molecule has 0 saturated carbocycles. The van der Waals surface area contributed by atoms with Gasteiger partial charge in [0, 0.05) is 23.3 Å². The number of aromatic nitrogens is 1. The molecule has 1 aromatic heterocycles. The van der Waals surface area contributed by atoms with Crippen LogP contribution in [0.3, 0.4) is 0 Å². The molecule has 5 heteroatoms. The van der Waals surface area contributed by atoms with Crippen molar-refractivity contribution in [3.8, 4) is 6.07 Å². The predicted octanol–water partition coefficient (Wildman–Crippen LogP) is 2.91. The zero-order chi connectivity index (χ0) is 13.9. The fourth-order valence-corrected chi connectivity index (χ4v) is 2.81. The number of anilines is 1. The minimum Gasteiger partial charge on any atom is -0.367 e. The average Bonchev–Trinajstić information content (AvgIpc) is 2.38. The standard InChI is InChI=1S/C14H19BrN4/c1-14(2)4-3-5-17-12(14)9-19-13-10(7-16)6-11(15)8-18-13/h6,8,12,17H,3-5,9H2,1-2H3,(H,18,19). The van der Waals surface area contributed by atoms with Crippen LogP contribution in [-0.2, 0) is 0 Å². The molecule has 0 amide bonds. The summed E-state index contributed by atoms with van der Waals surface area (Å²) in [5, 5.41) is 16.0. The highest BCUT2D eigenvalue weighted by atomic mass is 79.9. The molecule has 1 unspecified atom stereocenters. The van der Waals surface area contributed by atoms with Crippen LogP contribution in [-0.4, -0.2) is 24.1 Å². The normalized spacial score (nSPS) is 21.7. The van der Waals surface area contributed by atoms with E-state index in [2.05, 4.69) is 51.5 Å². The summed E-state index contributed by atoms with van der Waals surface area (Å²) in [7, 11) is 0. The molecule has 19 heavy (non-hydrogen) atoms. The molecule has 1 saturated heterocycles. The summed E-state index contributed by atoms with van der Waals surface area (Å²) in [4.78, 5) is 4.27. The van der Waals surface area contributed by atoms with Gasteiger partial charge < -0.3 is 10.6 Å². The highest BCUT2D eigenvalue weighted by Crippen LogP contribution is 2.30. The first-order valence-corrected chi connectivity index (χ1v) is 7.35. The predicted molar refractivity (Wildman–Crippen MR) is 79.9 cm³/mol. The largest absolute Gasteiger partial charge is 0.367 e. The highest BCUT2D eigenvalue weighted by molar-refractivity contribution is 9.10. The van der Waals surface area contributed by atoms with Crippen LogP contribution < -0.4 is 10.6 Å². The van der Waals surface area contributed by atoms with Gasteiger partial charge in [-0.2, -0.15) is 5.26 Å². The zero-order valence-corrected chi connectivity index (χ0v) is 12.9. The van der Waals surface area contributed by atoms with Gasteiger partial charge >= 0.3 is 0 Å². The SMILES string of the molecule is CC1(C)CCCNC1CNc1ncc(Br)cc1C#N. The lowest BCUT2D eigenvalue weighted by molar-refractivity contribution is 0.188. The van der Waals surface area contributed by atoms with Crippen LogP contribution in [0.2, 0.25) is 0 Å². The Morgan fingerprint density at radius 1 is 1.63 bits per heavy atom. The van der Waals surface area contributed by atoms with Gasteiger partial charge in [0.05, 0.1) is 5.56 Å². The minimum atomic E-state index is 0.271. The molecular weight excluding hydrogens is 304 g/mol. The van der Waals surface area contributed by atoms with Crippen molar-refractivity contribution in [2.24, 2.45) is 5.41 Å². The Morgan fingerprint density at radius 2 is 2.42 bits per heavy atom. The first kappa shape index (κ1) is 14.3. The van der Waals surface area contributed by atoms with E-state index in [9.17, 15) is 0 Å². The van der Waals surface area contributed by atoms with Crippen LogP contribution in [0.1, 0.15) is 32.3 Å². The third-order valence-corrected chi connectivity index (χ3v) is 4.21. The van der Waals surface area contributed by atoms with Crippen LogP contribution >= 0.6 is 15.9 Å². The summed E-state index contributed by atoms with van der Waals surface area (Å²) in [5.41, 5.74) is 0.843. The van der Waals surface area contributed by atoms with E-state index in [1.54, 1.807) is 12.3 Å². The molecule has 0 radical (unpaired) electrons. The average molecular weight is 323 g/mol. The first-order chi connectivity index (χ1) is 9.03.